The average Bonchev–Trinajstić information content (AvgIpc) is 2.71. The quantitative estimate of drug-likeness (QED) is 0.635. The van der Waals surface area contributed by atoms with Gasteiger partial charge in [0.15, 0.2) is 0 Å². The number of rotatable bonds is 5. The highest BCUT2D eigenvalue weighted by Gasteiger charge is 2.13. The van der Waals surface area contributed by atoms with Crippen LogP contribution in [0, 0.1) is 0 Å². The molecule has 0 saturated heterocycles. The number of carbonyl (C=O) groups excluding carboxylic acids is 1. The third-order valence-corrected chi connectivity index (χ3v) is 2.03. The summed E-state index contributed by atoms with van der Waals surface area (Å²) < 4.78 is 1.70. The van der Waals surface area contributed by atoms with Gasteiger partial charge in [-0.05, 0) is 13.5 Å². The van der Waals surface area contributed by atoms with Crippen molar-refractivity contribution < 1.29 is 4.79 Å². The van der Waals surface area contributed by atoms with E-state index in [4.69, 9.17) is 0 Å². The Hall–Kier alpha value is -1.43. The van der Waals surface area contributed by atoms with Gasteiger partial charge in [0.1, 0.15) is 0 Å². The summed E-state index contributed by atoms with van der Waals surface area (Å²) in [5, 5.41) is 13.0. The molecule has 78 valence electrons. The van der Waals surface area contributed by atoms with E-state index in [2.05, 4.69) is 20.9 Å². The Bertz CT molecular complexity index is 271. The zero-order valence-corrected chi connectivity index (χ0v) is 8.40. The molecule has 2 N–H and O–H groups in total. The Kier molecular flexibility index (Phi) is 4.06. The molecule has 0 saturated carbocycles. The Morgan fingerprint density at radius 1 is 1.57 bits per heavy atom. The minimum atomic E-state index is -0.177. The lowest BCUT2D eigenvalue weighted by Gasteiger charge is -2.13. The first-order valence-corrected chi connectivity index (χ1v) is 4.51. The minimum absolute atomic E-state index is 0.00684. The summed E-state index contributed by atoms with van der Waals surface area (Å²) >= 11 is 0. The SMILES string of the molecule is CNC(=O)C(CCn1ccnn1)NC. The lowest BCUT2D eigenvalue weighted by molar-refractivity contribution is -0.122. The summed E-state index contributed by atoms with van der Waals surface area (Å²) in [6, 6.07) is -0.177. The van der Waals surface area contributed by atoms with Gasteiger partial charge in [-0.1, -0.05) is 5.21 Å². The lowest BCUT2D eigenvalue weighted by Crippen LogP contribution is -2.41. The second kappa shape index (κ2) is 5.33. The molecular weight excluding hydrogens is 182 g/mol. The summed E-state index contributed by atoms with van der Waals surface area (Å²) in [7, 11) is 3.39. The standard InChI is InChI=1S/C8H15N5O/c1-9-7(8(14)10-2)3-5-13-6-4-11-12-13/h4,6-7,9H,3,5H2,1-2H3,(H,10,14). The summed E-state index contributed by atoms with van der Waals surface area (Å²) in [4.78, 5) is 11.3. The van der Waals surface area contributed by atoms with E-state index in [1.807, 2.05) is 0 Å². The van der Waals surface area contributed by atoms with Crippen molar-refractivity contribution >= 4 is 5.91 Å². The van der Waals surface area contributed by atoms with Crippen molar-refractivity contribution in [3.63, 3.8) is 0 Å². The van der Waals surface area contributed by atoms with Crippen molar-refractivity contribution in [1.82, 2.24) is 25.6 Å². The topological polar surface area (TPSA) is 71.8 Å². The van der Waals surface area contributed by atoms with Crippen molar-refractivity contribution in [3.05, 3.63) is 12.4 Å². The van der Waals surface area contributed by atoms with Gasteiger partial charge in [0, 0.05) is 19.8 Å². The molecule has 6 nitrogen and oxygen atoms in total. The van der Waals surface area contributed by atoms with E-state index >= 15 is 0 Å². The van der Waals surface area contributed by atoms with Crippen LogP contribution in [0.3, 0.4) is 0 Å². The van der Waals surface area contributed by atoms with Crippen molar-refractivity contribution in [2.45, 2.75) is 19.0 Å². The highest BCUT2D eigenvalue weighted by Crippen LogP contribution is 1.94. The number of amides is 1. The third kappa shape index (κ3) is 2.81. The molecule has 1 aromatic rings. The fourth-order valence-corrected chi connectivity index (χ4v) is 1.19. The van der Waals surface area contributed by atoms with Gasteiger partial charge in [-0.2, -0.15) is 0 Å². The molecular formula is C8H15N5O. The number of aryl methyl sites for hydroxylation is 1. The zero-order chi connectivity index (χ0) is 10.4. The number of hydrogen-bond acceptors (Lipinski definition) is 4. The van der Waals surface area contributed by atoms with Crippen molar-refractivity contribution in [2.75, 3.05) is 14.1 Å². The molecule has 0 bridgehead atoms. The van der Waals surface area contributed by atoms with Gasteiger partial charge in [0.05, 0.1) is 12.2 Å². The second-order valence-electron chi connectivity index (χ2n) is 2.91. The van der Waals surface area contributed by atoms with Crippen LogP contribution < -0.4 is 10.6 Å². The molecule has 0 aliphatic carbocycles. The molecule has 1 aromatic heterocycles. The van der Waals surface area contributed by atoms with Gasteiger partial charge in [-0.25, -0.2) is 0 Å². The highest BCUT2D eigenvalue weighted by atomic mass is 16.2. The maximum atomic E-state index is 11.3. The monoisotopic (exact) mass is 197 g/mol. The number of carbonyl (C=O) groups is 1. The molecule has 1 atom stereocenters. The van der Waals surface area contributed by atoms with Crippen LogP contribution in [0.2, 0.25) is 0 Å². The molecule has 6 heteroatoms. The Morgan fingerprint density at radius 2 is 2.36 bits per heavy atom. The van der Waals surface area contributed by atoms with Crippen LogP contribution >= 0.6 is 0 Å². The van der Waals surface area contributed by atoms with E-state index in [1.54, 1.807) is 31.2 Å². The van der Waals surface area contributed by atoms with E-state index in [0.29, 0.717) is 13.0 Å². The van der Waals surface area contributed by atoms with Crippen LogP contribution in [-0.4, -0.2) is 41.0 Å². The van der Waals surface area contributed by atoms with Gasteiger partial charge in [-0.15, -0.1) is 5.10 Å². The van der Waals surface area contributed by atoms with Crippen LogP contribution in [0.4, 0.5) is 0 Å². The molecule has 1 unspecified atom stereocenters. The Labute approximate surface area is 82.7 Å². The first kappa shape index (κ1) is 10.6. The molecule has 1 amide bonds. The molecule has 14 heavy (non-hydrogen) atoms. The Balaban J connectivity index is 2.38. The molecule has 0 aliphatic rings. The molecule has 0 fully saturated rings. The van der Waals surface area contributed by atoms with Gasteiger partial charge >= 0.3 is 0 Å². The number of likely N-dealkylation sites (N-methyl/N-ethyl adjacent to an activating group) is 2. The first-order valence-electron chi connectivity index (χ1n) is 4.51. The van der Waals surface area contributed by atoms with Crippen LogP contribution in [0.5, 0.6) is 0 Å². The average molecular weight is 197 g/mol. The molecule has 0 spiro atoms. The summed E-state index contributed by atoms with van der Waals surface area (Å²) in [6.45, 7) is 0.679. The highest BCUT2D eigenvalue weighted by molar-refractivity contribution is 5.81. The first-order chi connectivity index (χ1) is 6.77. The number of aromatic nitrogens is 3. The predicted octanol–water partition coefficient (Wildman–Crippen LogP) is -0.998. The van der Waals surface area contributed by atoms with E-state index in [0.717, 1.165) is 0 Å². The summed E-state index contributed by atoms with van der Waals surface area (Å²) in [5.74, 6) is -0.00684. The maximum absolute atomic E-state index is 11.3. The fraction of sp³-hybridized carbons (Fsp3) is 0.625. The van der Waals surface area contributed by atoms with E-state index < -0.39 is 0 Å². The van der Waals surface area contributed by atoms with Crippen LogP contribution in [-0.2, 0) is 11.3 Å². The van der Waals surface area contributed by atoms with Gasteiger partial charge in [0.25, 0.3) is 0 Å². The van der Waals surface area contributed by atoms with E-state index in [-0.39, 0.29) is 11.9 Å². The number of nitrogens with zero attached hydrogens (tertiary/aromatic N) is 3. The van der Waals surface area contributed by atoms with Gasteiger partial charge in [-0.3, -0.25) is 9.48 Å². The molecule has 1 rings (SSSR count). The van der Waals surface area contributed by atoms with Crippen molar-refractivity contribution in [3.8, 4) is 0 Å². The minimum Gasteiger partial charge on any atom is -0.358 e. The van der Waals surface area contributed by atoms with Crippen molar-refractivity contribution in [1.29, 1.82) is 0 Å². The van der Waals surface area contributed by atoms with E-state index in [9.17, 15) is 4.79 Å². The Morgan fingerprint density at radius 3 is 2.86 bits per heavy atom. The molecule has 1 heterocycles. The zero-order valence-electron chi connectivity index (χ0n) is 8.40. The largest absolute Gasteiger partial charge is 0.358 e. The number of hydrogen-bond donors (Lipinski definition) is 2. The van der Waals surface area contributed by atoms with Gasteiger partial charge in [0.2, 0.25) is 5.91 Å². The molecule has 0 radical (unpaired) electrons. The summed E-state index contributed by atoms with van der Waals surface area (Å²) in [6.07, 6.45) is 4.09. The lowest BCUT2D eigenvalue weighted by atomic mass is 10.2. The molecule has 0 aliphatic heterocycles. The maximum Gasteiger partial charge on any atom is 0.236 e. The number of nitrogens with one attached hydrogen (secondary N) is 2. The normalized spacial score (nSPS) is 12.4. The van der Waals surface area contributed by atoms with Gasteiger partial charge < -0.3 is 10.6 Å². The van der Waals surface area contributed by atoms with Crippen LogP contribution in [0.25, 0.3) is 0 Å². The third-order valence-electron chi connectivity index (χ3n) is 2.03. The molecule has 0 aromatic carbocycles. The fourth-order valence-electron chi connectivity index (χ4n) is 1.19. The van der Waals surface area contributed by atoms with Crippen LogP contribution in [0.1, 0.15) is 6.42 Å². The summed E-state index contributed by atoms with van der Waals surface area (Å²) in [5.41, 5.74) is 0. The van der Waals surface area contributed by atoms with Crippen LogP contribution in [0.15, 0.2) is 12.4 Å². The van der Waals surface area contributed by atoms with Crippen molar-refractivity contribution in [2.24, 2.45) is 0 Å². The smallest absolute Gasteiger partial charge is 0.236 e. The van der Waals surface area contributed by atoms with E-state index in [1.165, 1.54) is 0 Å². The predicted molar refractivity (Wildman–Crippen MR) is 51.6 cm³/mol. The second-order valence-corrected chi connectivity index (χ2v) is 2.91.